The molecule has 1 aliphatic heterocycles. The highest BCUT2D eigenvalue weighted by molar-refractivity contribution is 7.92. The van der Waals surface area contributed by atoms with Crippen molar-refractivity contribution in [3.63, 3.8) is 0 Å². The molecule has 0 unspecified atom stereocenters. The molecule has 1 saturated heterocycles. The minimum atomic E-state index is -3.78. The maximum atomic E-state index is 12.4. The SMILES string of the molecule is O=C(c1cc(S(=O)(=O)Nc2cccc(Cl)c2)c[nH]1)N1CCCC1. The molecule has 2 heterocycles. The Morgan fingerprint density at radius 1 is 1.22 bits per heavy atom. The Morgan fingerprint density at radius 2 is 1.96 bits per heavy atom. The van der Waals surface area contributed by atoms with Crippen LogP contribution in [0.5, 0.6) is 0 Å². The minimum Gasteiger partial charge on any atom is -0.356 e. The zero-order chi connectivity index (χ0) is 16.4. The minimum absolute atomic E-state index is 0.0139. The Kier molecular flexibility index (Phi) is 4.32. The fourth-order valence-electron chi connectivity index (χ4n) is 2.51. The van der Waals surface area contributed by atoms with Gasteiger partial charge in [0.2, 0.25) is 0 Å². The number of aromatic amines is 1. The van der Waals surface area contributed by atoms with Crippen molar-refractivity contribution >= 4 is 33.2 Å². The van der Waals surface area contributed by atoms with Crippen LogP contribution in [0.15, 0.2) is 41.4 Å². The van der Waals surface area contributed by atoms with Gasteiger partial charge in [-0.15, -0.1) is 0 Å². The molecule has 122 valence electrons. The van der Waals surface area contributed by atoms with Gasteiger partial charge in [0, 0.05) is 24.3 Å². The van der Waals surface area contributed by atoms with Crippen molar-refractivity contribution < 1.29 is 13.2 Å². The predicted octanol–water partition coefficient (Wildman–Crippen LogP) is 2.70. The Morgan fingerprint density at radius 3 is 2.65 bits per heavy atom. The molecule has 0 aliphatic carbocycles. The molecule has 2 aromatic rings. The average molecular weight is 354 g/mol. The maximum absolute atomic E-state index is 12.4. The van der Waals surface area contributed by atoms with Gasteiger partial charge in [-0.05, 0) is 37.1 Å². The third-order valence-electron chi connectivity index (χ3n) is 3.67. The van der Waals surface area contributed by atoms with E-state index in [1.165, 1.54) is 18.3 Å². The molecule has 0 spiro atoms. The summed E-state index contributed by atoms with van der Waals surface area (Å²) in [6, 6.07) is 7.78. The number of benzene rings is 1. The maximum Gasteiger partial charge on any atom is 0.270 e. The lowest BCUT2D eigenvalue weighted by molar-refractivity contribution is 0.0787. The molecule has 6 nitrogen and oxygen atoms in total. The number of carbonyl (C=O) groups is 1. The van der Waals surface area contributed by atoms with Crippen molar-refractivity contribution in [1.82, 2.24) is 9.88 Å². The van der Waals surface area contributed by atoms with E-state index >= 15 is 0 Å². The van der Waals surface area contributed by atoms with Gasteiger partial charge >= 0.3 is 0 Å². The summed E-state index contributed by atoms with van der Waals surface area (Å²) in [5.41, 5.74) is 0.643. The molecule has 0 saturated carbocycles. The molecular formula is C15H16ClN3O3S. The van der Waals surface area contributed by atoms with Crippen LogP contribution in [0.1, 0.15) is 23.3 Å². The molecule has 0 radical (unpaired) electrons. The number of H-pyrrole nitrogens is 1. The molecule has 1 aliphatic rings. The van der Waals surface area contributed by atoms with E-state index in [-0.39, 0.29) is 16.5 Å². The number of amides is 1. The standard InChI is InChI=1S/C15H16ClN3O3S/c16-11-4-3-5-12(8-11)18-23(21,22)13-9-14(17-10-13)15(20)19-6-1-2-7-19/h3-5,8-10,17-18H,1-2,6-7H2. The summed E-state index contributed by atoms with van der Waals surface area (Å²) in [5, 5.41) is 0.434. The second-order valence-electron chi connectivity index (χ2n) is 5.36. The largest absolute Gasteiger partial charge is 0.356 e. The van der Waals surface area contributed by atoms with Crippen LogP contribution in [-0.4, -0.2) is 37.3 Å². The second-order valence-corrected chi connectivity index (χ2v) is 7.48. The monoisotopic (exact) mass is 353 g/mol. The normalized spacial score (nSPS) is 14.9. The Labute approximate surface area is 139 Å². The van der Waals surface area contributed by atoms with Crippen LogP contribution in [0.4, 0.5) is 5.69 Å². The van der Waals surface area contributed by atoms with Crippen molar-refractivity contribution in [2.24, 2.45) is 0 Å². The van der Waals surface area contributed by atoms with E-state index in [0.717, 1.165) is 12.8 Å². The lowest BCUT2D eigenvalue weighted by atomic mass is 10.3. The van der Waals surface area contributed by atoms with E-state index in [2.05, 4.69) is 9.71 Å². The Bertz CT molecular complexity index is 826. The number of likely N-dealkylation sites (tertiary alicyclic amines) is 1. The third kappa shape index (κ3) is 3.51. The average Bonchev–Trinajstić information content (AvgIpc) is 3.18. The molecule has 1 amide bonds. The highest BCUT2D eigenvalue weighted by Crippen LogP contribution is 2.21. The molecule has 8 heteroatoms. The van der Waals surface area contributed by atoms with E-state index in [4.69, 9.17) is 11.6 Å². The summed E-state index contributed by atoms with van der Waals surface area (Å²) in [6.07, 6.45) is 3.28. The fourth-order valence-corrected chi connectivity index (χ4v) is 3.74. The molecule has 3 rings (SSSR count). The van der Waals surface area contributed by atoms with Gasteiger partial charge in [-0.3, -0.25) is 9.52 Å². The first kappa shape index (κ1) is 15.9. The van der Waals surface area contributed by atoms with E-state index in [1.807, 2.05) is 0 Å². The van der Waals surface area contributed by atoms with Crippen molar-refractivity contribution in [2.45, 2.75) is 17.7 Å². The van der Waals surface area contributed by atoms with Gasteiger partial charge < -0.3 is 9.88 Å². The molecule has 1 aromatic heterocycles. The van der Waals surface area contributed by atoms with Crippen LogP contribution in [-0.2, 0) is 10.0 Å². The summed E-state index contributed by atoms with van der Waals surface area (Å²) in [6.45, 7) is 1.42. The lowest BCUT2D eigenvalue weighted by Gasteiger charge is -2.13. The number of halogens is 1. The zero-order valence-electron chi connectivity index (χ0n) is 12.3. The number of anilines is 1. The van der Waals surface area contributed by atoms with Crippen LogP contribution in [0.2, 0.25) is 5.02 Å². The van der Waals surface area contributed by atoms with Gasteiger partial charge in [0.1, 0.15) is 10.6 Å². The van der Waals surface area contributed by atoms with Gasteiger partial charge in [0.25, 0.3) is 15.9 Å². The first-order valence-corrected chi connectivity index (χ1v) is 9.08. The van der Waals surface area contributed by atoms with Gasteiger partial charge in [-0.25, -0.2) is 8.42 Å². The number of nitrogens with one attached hydrogen (secondary N) is 2. The summed E-state index contributed by atoms with van der Waals surface area (Å²) >= 11 is 5.85. The molecule has 0 bridgehead atoms. The summed E-state index contributed by atoms with van der Waals surface area (Å²) in [7, 11) is -3.78. The second kappa shape index (κ2) is 6.25. The molecule has 0 atom stereocenters. The lowest BCUT2D eigenvalue weighted by Crippen LogP contribution is -2.27. The van der Waals surface area contributed by atoms with E-state index < -0.39 is 10.0 Å². The molecule has 1 fully saturated rings. The highest BCUT2D eigenvalue weighted by Gasteiger charge is 2.23. The quantitative estimate of drug-likeness (QED) is 0.886. The Hall–Kier alpha value is -1.99. The molecule has 2 N–H and O–H groups in total. The van der Waals surface area contributed by atoms with Crippen LogP contribution in [0.25, 0.3) is 0 Å². The first-order valence-electron chi connectivity index (χ1n) is 7.22. The van der Waals surface area contributed by atoms with Gasteiger partial charge in [-0.1, -0.05) is 17.7 Å². The number of hydrogen-bond donors (Lipinski definition) is 2. The number of carbonyl (C=O) groups excluding carboxylic acids is 1. The van der Waals surface area contributed by atoms with Gasteiger partial charge in [-0.2, -0.15) is 0 Å². The van der Waals surface area contributed by atoms with Crippen molar-refractivity contribution in [1.29, 1.82) is 0 Å². The number of aromatic nitrogens is 1. The third-order valence-corrected chi connectivity index (χ3v) is 5.26. The number of sulfonamides is 1. The van der Waals surface area contributed by atoms with Crippen molar-refractivity contribution in [2.75, 3.05) is 17.8 Å². The number of hydrogen-bond acceptors (Lipinski definition) is 3. The van der Waals surface area contributed by atoms with Crippen LogP contribution in [0, 0.1) is 0 Å². The number of nitrogens with zero attached hydrogens (tertiary/aromatic N) is 1. The summed E-state index contributed by atoms with van der Waals surface area (Å²) in [5.74, 6) is -0.174. The van der Waals surface area contributed by atoms with E-state index in [0.29, 0.717) is 23.8 Å². The highest BCUT2D eigenvalue weighted by atomic mass is 35.5. The zero-order valence-corrected chi connectivity index (χ0v) is 13.8. The van der Waals surface area contributed by atoms with Crippen molar-refractivity contribution in [3.8, 4) is 0 Å². The smallest absolute Gasteiger partial charge is 0.270 e. The Balaban J connectivity index is 1.79. The topological polar surface area (TPSA) is 82.3 Å². The summed E-state index contributed by atoms with van der Waals surface area (Å²) in [4.78, 5) is 16.7. The predicted molar refractivity (Wildman–Crippen MR) is 88.2 cm³/mol. The van der Waals surface area contributed by atoms with E-state index in [1.54, 1.807) is 23.1 Å². The van der Waals surface area contributed by atoms with Crippen LogP contribution >= 0.6 is 11.6 Å². The molecule has 23 heavy (non-hydrogen) atoms. The van der Waals surface area contributed by atoms with Gasteiger partial charge in [0.05, 0.1) is 5.69 Å². The molecule has 1 aromatic carbocycles. The van der Waals surface area contributed by atoms with Crippen LogP contribution < -0.4 is 4.72 Å². The van der Waals surface area contributed by atoms with E-state index in [9.17, 15) is 13.2 Å². The van der Waals surface area contributed by atoms with Gasteiger partial charge in [0.15, 0.2) is 0 Å². The fraction of sp³-hybridized carbons (Fsp3) is 0.267. The molecular weight excluding hydrogens is 338 g/mol. The van der Waals surface area contributed by atoms with Crippen LogP contribution in [0.3, 0.4) is 0 Å². The van der Waals surface area contributed by atoms with Crippen molar-refractivity contribution in [3.05, 3.63) is 47.2 Å². The number of rotatable bonds is 4. The first-order chi connectivity index (χ1) is 11.0. The summed E-state index contributed by atoms with van der Waals surface area (Å²) < 4.78 is 27.2.